The molecule has 2 rings (SSSR count). The first-order valence-corrected chi connectivity index (χ1v) is 5.42. The van der Waals surface area contributed by atoms with Gasteiger partial charge in [-0.25, -0.2) is 0 Å². The minimum Gasteiger partial charge on any atom is -0.510 e. The molecule has 80 valence electrons. The van der Waals surface area contributed by atoms with Gasteiger partial charge in [-0.3, -0.25) is 0 Å². The number of rotatable bonds is 1. The molecule has 1 saturated heterocycles. The van der Waals surface area contributed by atoms with Gasteiger partial charge in [-0.15, -0.1) is 0 Å². The highest BCUT2D eigenvalue weighted by Crippen LogP contribution is 2.40. The minimum atomic E-state index is -0.762. The zero-order valence-electron chi connectivity index (χ0n) is 8.95. The maximum atomic E-state index is 10.0. The molecule has 1 aliphatic heterocycles. The van der Waals surface area contributed by atoms with Crippen LogP contribution in [-0.4, -0.2) is 33.8 Å². The Labute approximate surface area is 85.0 Å². The summed E-state index contributed by atoms with van der Waals surface area (Å²) in [4.78, 5) is 2.22. The second-order valence-corrected chi connectivity index (χ2v) is 4.78. The first-order chi connectivity index (χ1) is 6.52. The van der Waals surface area contributed by atoms with Crippen LogP contribution in [-0.2, 0) is 0 Å². The van der Waals surface area contributed by atoms with E-state index >= 15 is 0 Å². The average molecular weight is 197 g/mol. The first-order valence-electron chi connectivity index (χ1n) is 5.42. The zero-order valence-corrected chi connectivity index (χ0v) is 8.95. The Bertz CT molecular complexity index is 264. The highest BCUT2D eigenvalue weighted by Gasteiger charge is 2.42. The Balaban J connectivity index is 2.19. The van der Waals surface area contributed by atoms with E-state index in [-0.39, 0.29) is 5.92 Å². The predicted octanol–water partition coefficient (Wildman–Crippen LogP) is 1.64. The number of likely N-dealkylation sites (tertiary alicyclic amines) is 1. The number of hydrogen-bond acceptors (Lipinski definition) is 3. The molecular formula is C11H19NO2. The molecule has 3 nitrogen and oxygen atoms in total. The summed E-state index contributed by atoms with van der Waals surface area (Å²) in [5.41, 5.74) is 0.210. The van der Waals surface area contributed by atoms with Gasteiger partial charge in [-0.1, -0.05) is 6.92 Å². The van der Waals surface area contributed by atoms with E-state index < -0.39 is 5.60 Å². The van der Waals surface area contributed by atoms with Gasteiger partial charge in [0.2, 0.25) is 0 Å². The molecule has 1 heterocycles. The SMILES string of the molecule is CC1C(O)=C(N2CCCC2)CC1(C)O. The van der Waals surface area contributed by atoms with Gasteiger partial charge < -0.3 is 15.1 Å². The van der Waals surface area contributed by atoms with Crippen molar-refractivity contribution in [3.63, 3.8) is 0 Å². The van der Waals surface area contributed by atoms with Gasteiger partial charge in [0.05, 0.1) is 11.3 Å². The third kappa shape index (κ3) is 1.40. The molecule has 1 aliphatic carbocycles. The first kappa shape index (κ1) is 9.84. The van der Waals surface area contributed by atoms with Crippen LogP contribution in [0.25, 0.3) is 0 Å². The van der Waals surface area contributed by atoms with Crippen LogP contribution in [0.5, 0.6) is 0 Å². The molecule has 14 heavy (non-hydrogen) atoms. The Kier molecular flexibility index (Phi) is 2.22. The van der Waals surface area contributed by atoms with Crippen LogP contribution in [0.15, 0.2) is 11.5 Å². The van der Waals surface area contributed by atoms with E-state index in [1.165, 1.54) is 12.8 Å². The van der Waals surface area contributed by atoms with E-state index in [1.54, 1.807) is 6.92 Å². The second kappa shape index (κ2) is 3.16. The van der Waals surface area contributed by atoms with Crippen LogP contribution in [0.1, 0.15) is 33.1 Å². The summed E-state index contributed by atoms with van der Waals surface area (Å²) < 4.78 is 0. The van der Waals surface area contributed by atoms with Gasteiger partial charge in [0.15, 0.2) is 0 Å². The summed E-state index contributed by atoms with van der Waals surface area (Å²) >= 11 is 0. The highest BCUT2D eigenvalue weighted by atomic mass is 16.3. The lowest BCUT2D eigenvalue weighted by atomic mass is 9.93. The van der Waals surface area contributed by atoms with Gasteiger partial charge in [0.25, 0.3) is 0 Å². The van der Waals surface area contributed by atoms with E-state index in [0.717, 1.165) is 18.8 Å². The molecule has 0 spiro atoms. The van der Waals surface area contributed by atoms with Crippen LogP contribution in [0.3, 0.4) is 0 Å². The molecule has 2 aliphatic rings. The van der Waals surface area contributed by atoms with Crippen molar-refractivity contribution in [2.75, 3.05) is 13.1 Å². The summed E-state index contributed by atoms with van der Waals surface area (Å²) in [5.74, 6) is 0.273. The molecule has 2 atom stereocenters. The van der Waals surface area contributed by atoms with E-state index in [0.29, 0.717) is 12.2 Å². The monoisotopic (exact) mass is 197 g/mol. The lowest BCUT2D eigenvalue weighted by Crippen LogP contribution is -2.29. The molecular weight excluding hydrogens is 178 g/mol. The predicted molar refractivity (Wildman–Crippen MR) is 54.9 cm³/mol. The van der Waals surface area contributed by atoms with Gasteiger partial charge >= 0.3 is 0 Å². The van der Waals surface area contributed by atoms with Crippen LogP contribution in [0, 0.1) is 5.92 Å². The van der Waals surface area contributed by atoms with Gasteiger partial charge in [0.1, 0.15) is 5.76 Å². The van der Waals surface area contributed by atoms with E-state index in [4.69, 9.17) is 0 Å². The lowest BCUT2D eigenvalue weighted by molar-refractivity contribution is 0.0214. The summed E-state index contributed by atoms with van der Waals surface area (Å²) in [5, 5.41) is 20.0. The van der Waals surface area contributed by atoms with Crippen molar-refractivity contribution in [1.82, 2.24) is 4.90 Å². The van der Waals surface area contributed by atoms with Crippen molar-refractivity contribution in [2.45, 2.75) is 38.7 Å². The summed E-state index contributed by atoms with van der Waals surface area (Å²) in [6.45, 7) is 5.75. The van der Waals surface area contributed by atoms with E-state index in [9.17, 15) is 10.2 Å². The normalized spacial score (nSPS) is 38.5. The molecule has 2 unspecified atom stereocenters. The standard InChI is InChI=1S/C11H19NO2/c1-8-10(13)9(7-11(8,2)14)12-5-3-4-6-12/h8,13-14H,3-7H2,1-2H3. The van der Waals surface area contributed by atoms with Crippen molar-refractivity contribution in [3.8, 4) is 0 Å². The fourth-order valence-electron chi connectivity index (χ4n) is 2.39. The Hall–Kier alpha value is -0.700. The van der Waals surface area contributed by atoms with Gasteiger partial charge in [-0.2, -0.15) is 0 Å². The minimum absolute atomic E-state index is 0.127. The van der Waals surface area contributed by atoms with Crippen molar-refractivity contribution in [1.29, 1.82) is 0 Å². The maximum Gasteiger partial charge on any atom is 0.117 e. The number of nitrogens with zero attached hydrogens (tertiary/aromatic N) is 1. The van der Waals surface area contributed by atoms with Gasteiger partial charge in [-0.05, 0) is 19.8 Å². The Morgan fingerprint density at radius 3 is 2.36 bits per heavy atom. The summed E-state index contributed by atoms with van der Waals surface area (Å²) in [6.07, 6.45) is 3.00. The Morgan fingerprint density at radius 1 is 1.36 bits per heavy atom. The van der Waals surface area contributed by atoms with E-state index in [1.807, 2.05) is 6.92 Å². The molecule has 2 N–H and O–H groups in total. The molecule has 0 aromatic rings. The number of hydrogen-bond donors (Lipinski definition) is 2. The van der Waals surface area contributed by atoms with Crippen LogP contribution in [0.4, 0.5) is 0 Å². The molecule has 0 aromatic heterocycles. The summed E-state index contributed by atoms with van der Waals surface area (Å²) in [6, 6.07) is 0. The highest BCUT2D eigenvalue weighted by molar-refractivity contribution is 5.22. The van der Waals surface area contributed by atoms with Crippen molar-refractivity contribution < 1.29 is 10.2 Å². The summed E-state index contributed by atoms with van der Waals surface area (Å²) in [7, 11) is 0. The van der Waals surface area contributed by atoms with Crippen LogP contribution in [0.2, 0.25) is 0 Å². The molecule has 3 heteroatoms. The van der Waals surface area contributed by atoms with Crippen LogP contribution >= 0.6 is 0 Å². The fraction of sp³-hybridized carbons (Fsp3) is 0.818. The number of aliphatic hydroxyl groups is 2. The molecule has 0 bridgehead atoms. The average Bonchev–Trinajstić information content (AvgIpc) is 2.69. The van der Waals surface area contributed by atoms with Crippen molar-refractivity contribution >= 4 is 0 Å². The lowest BCUT2D eigenvalue weighted by Gasteiger charge is -2.23. The topological polar surface area (TPSA) is 43.7 Å². The van der Waals surface area contributed by atoms with Crippen molar-refractivity contribution in [2.24, 2.45) is 5.92 Å². The largest absolute Gasteiger partial charge is 0.510 e. The molecule has 1 fully saturated rings. The number of aliphatic hydroxyl groups excluding tert-OH is 1. The molecule has 0 aromatic carbocycles. The molecule has 0 amide bonds. The third-order valence-corrected chi connectivity index (χ3v) is 3.65. The molecule has 0 saturated carbocycles. The van der Waals surface area contributed by atoms with E-state index in [2.05, 4.69) is 4.90 Å². The van der Waals surface area contributed by atoms with Gasteiger partial charge in [0, 0.05) is 25.4 Å². The maximum absolute atomic E-state index is 10.0. The fourth-order valence-corrected chi connectivity index (χ4v) is 2.39. The van der Waals surface area contributed by atoms with Crippen LogP contribution < -0.4 is 0 Å². The smallest absolute Gasteiger partial charge is 0.117 e. The quantitative estimate of drug-likeness (QED) is 0.671. The Morgan fingerprint density at radius 2 is 1.93 bits per heavy atom. The van der Waals surface area contributed by atoms with Crippen molar-refractivity contribution in [3.05, 3.63) is 11.5 Å². The molecule has 0 radical (unpaired) electrons. The third-order valence-electron chi connectivity index (χ3n) is 3.65. The zero-order chi connectivity index (χ0) is 10.3. The second-order valence-electron chi connectivity index (χ2n) is 4.78.